The van der Waals surface area contributed by atoms with Crippen molar-refractivity contribution >= 4 is 17.8 Å². The first-order valence-corrected chi connectivity index (χ1v) is 6.74. The molecule has 1 rings (SSSR count). The van der Waals surface area contributed by atoms with Gasteiger partial charge in [-0.05, 0) is 40.5 Å². The van der Waals surface area contributed by atoms with Crippen LogP contribution in [0.3, 0.4) is 0 Å². The van der Waals surface area contributed by atoms with Crippen LogP contribution in [0.15, 0.2) is 0 Å². The summed E-state index contributed by atoms with van der Waals surface area (Å²) in [5, 5.41) is 0. The minimum Gasteiger partial charge on any atom is -0.467 e. The molecule has 0 saturated carbocycles. The van der Waals surface area contributed by atoms with Gasteiger partial charge in [-0.15, -0.1) is 0 Å². The van der Waals surface area contributed by atoms with Gasteiger partial charge in [0.1, 0.15) is 17.4 Å². The first kappa shape index (κ1) is 16.5. The van der Waals surface area contributed by atoms with Gasteiger partial charge in [0.05, 0.1) is 7.11 Å². The van der Waals surface area contributed by atoms with Crippen molar-refractivity contribution in [3.8, 4) is 0 Å². The van der Waals surface area contributed by atoms with E-state index in [4.69, 9.17) is 9.47 Å². The zero-order valence-electron chi connectivity index (χ0n) is 12.8. The van der Waals surface area contributed by atoms with E-state index < -0.39 is 23.7 Å². The molecule has 1 aliphatic rings. The molecule has 0 aromatic carbocycles. The molecule has 0 radical (unpaired) electrons. The quantitative estimate of drug-likeness (QED) is 0.741. The van der Waals surface area contributed by atoms with Crippen LogP contribution < -0.4 is 0 Å². The number of carbonyl (C=O) groups is 3. The molecular formula is C14H23NO5. The van der Waals surface area contributed by atoms with Crippen LogP contribution in [0.2, 0.25) is 0 Å². The van der Waals surface area contributed by atoms with Crippen LogP contribution >= 0.6 is 0 Å². The summed E-state index contributed by atoms with van der Waals surface area (Å²) in [5.41, 5.74) is -0.652. The van der Waals surface area contributed by atoms with Crippen molar-refractivity contribution in [1.82, 2.24) is 4.90 Å². The summed E-state index contributed by atoms with van der Waals surface area (Å²) in [4.78, 5) is 36.7. The summed E-state index contributed by atoms with van der Waals surface area (Å²) in [5.74, 6) is -0.490. The summed E-state index contributed by atoms with van der Waals surface area (Å²) in [6, 6.07) is -0.967. The van der Waals surface area contributed by atoms with Crippen molar-refractivity contribution in [2.45, 2.75) is 64.6 Å². The molecule has 1 saturated heterocycles. The maximum absolute atomic E-state index is 12.3. The van der Waals surface area contributed by atoms with Crippen LogP contribution in [0.5, 0.6) is 0 Å². The number of carbonyl (C=O) groups excluding carboxylic acids is 3. The molecule has 0 bridgehead atoms. The number of nitrogens with zero attached hydrogens (tertiary/aromatic N) is 1. The Morgan fingerprint density at radius 3 is 2.25 bits per heavy atom. The lowest BCUT2D eigenvalue weighted by Crippen LogP contribution is -2.48. The molecule has 2 atom stereocenters. The predicted molar refractivity (Wildman–Crippen MR) is 72.2 cm³/mol. The molecule has 0 unspecified atom stereocenters. The average molecular weight is 285 g/mol. The summed E-state index contributed by atoms with van der Waals surface area (Å²) >= 11 is 0. The van der Waals surface area contributed by atoms with E-state index in [9.17, 15) is 14.4 Å². The Balaban J connectivity index is 2.92. The fourth-order valence-corrected chi connectivity index (χ4v) is 2.37. The molecule has 114 valence electrons. The van der Waals surface area contributed by atoms with E-state index in [-0.39, 0.29) is 18.2 Å². The highest BCUT2D eigenvalue weighted by Crippen LogP contribution is 2.29. The number of hydrogen-bond donors (Lipinski definition) is 0. The number of amides is 1. The van der Waals surface area contributed by atoms with Gasteiger partial charge in [0.2, 0.25) is 0 Å². The Kier molecular flexibility index (Phi) is 5.14. The highest BCUT2D eigenvalue weighted by atomic mass is 16.6. The van der Waals surface area contributed by atoms with Gasteiger partial charge >= 0.3 is 12.1 Å². The Morgan fingerprint density at radius 1 is 1.20 bits per heavy atom. The Bertz CT molecular complexity index is 399. The highest BCUT2D eigenvalue weighted by molar-refractivity contribution is 5.83. The van der Waals surface area contributed by atoms with Crippen molar-refractivity contribution in [2.24, 2.45) is 0 Å². The summed E-state index contributed by atoms with van der Waals surface area (Å²) in [7, 11) is 1.29. The number of methoxy groups -OCH3 is 1. The molecular weight excluding hydrogens is 262 g/mol. The lowest BCUT2D eigenvalue weighted by molar-refractivity contribution is -0.146. The normalized spacial score (nSPS) is 22.6. The summed E-state index contributed by atoms with van der Waals surface area (Å²) in [6.07, 6.45) is 0.742. The number of esters is 1. The van der Waals surface area contributed by atoms with Gasteiger partial charge in [0.15, 0.2) is 0 Å². The predicted octanol–water partition coefficient (Wildman–Crippen LogP) is 1.91. The molecule has 6 heteroatoms. The van der Waals surface area contributed by atoms with Crippen LogP contribution in [0.25, 0.3) is 0 Å². The molecule has 0 spiro atoms. The molecule has 0 N–H and O–H groups in total. The first-order valence-electron chi connectivity index (χ1n) is 6.74. The largest absolute Gasteiger partial charge is 0.467 e. The third-order valence-electron chi connectivity index (χ3n) is 3.10. The SMILES string of the molecule is COC(=O)[C@@H]1CC[C@H](CC(C)=O)N1C(=O)OC(C)(C)C. The Hall–Kier alpha value is -1.59. The molecule has 1 aliphatic heterocycles. The number of ketones is 1. The van der Waals surface area contributed by atoms with Gasteiger partial charge in [0, 0.05) is 12.5 Å². The zero-order valence-corrected chi connectivity index (χ0v) is 12.8. The van der Waals surface area contributed by atoms with E-state index in [1.165, 1.54) is 18.9 Å². The van der Waals surface area contributed by atoms with Crippen LogP contribution in [-0.2, 0) is 19.1 Å². The fraction of sp³-hybridized carbons (Fsp3) is 0.786. The molecule has 6 nitrogen and oxygen atoms in total. The number of ether oxygens (including phenoxy) is 2. The first-order chi connectivity index (χ1) is 9.15. The van der Waals surface area contributed by atoms with Gasteiger partial charge in [-0.25, -0.2) is 9.59 Å². The van der Waals surface area contributed by atoms with E-state index in [1.807, 2.05) is 0 Å². The number of hydrogen-bond acceptors (Lipinski definition) is 5. The zero-order chi connectivity index (χ0) is 15.5. The van der Waals surface area contributed by atoms with Gasteiger partial charge in [0.25, 0.3) is 0 Å². The Morgan fingerprint density at radius 2 is 1.80 bits per heavy atom. The third kappa shape index (κ3) is 4.21. The summed E-state index contributed by atoms with van der Waals surface area (Å²) in [6.45, 7) is 6.75. The minimum absolute atomic E-state index is 0.0194. The monoisotopic (exact) mass is 285 g/mol. The molecule has 20 heavy (non-hydrogen) atoms. The lowest BCUT2D eigenvalue weighted by atomic mass is 10.1. The standard InChI is InChI=1S/C14H23NO5/c1-9(16)8-10-6-7-11(12(17)19-5)15(10)13(18)20-14(2,3)4/h10-11H,6-8H2,1-5H3/t10-,11+/m1/s1. The number of rotatable bonds is 3. The third-order valence-corrected chi connectivity index (χ3v) is 3.10. The Labute approximate surface area is 119 Å². The van der Waals surface area contributed by atoms with Crippen molar-refractivity contribution in [3.63, 3.8) is 0 Å². The highest BCUT2D eigenvalue weighted by Gasteiger charge is 2.43. The van der Waals surface area contributed by atoms with Crippen molar-refractivity contribution in [2.75, 3.05) is 7.11 Å². The van der Waals surface area contributed by atoms with Gasteiger partial charge in [-0.3, -0.25) is 9.69 Å². The van der Waals surface area contributed by atoms with E-state index in [0.717, 1.165) is 0 Å². The minimum atomic E-state index is -0.667. The van der Waals surface area contributed by atoms with E-state index in [2.05, 4.69) is 0 Å². The van der Waals surface area contributed by atoms with Crippen LogP contribution in [0.4, 0.5) is 4.79 Å². The van der Waals surface area contributed by atoms with Gasteiger partial charge in [-0.1, -0.05) is 0 Å². The number of likely N-dealkylation sites (tertiary alicyclic amines) is 1. The van der Waals surface area contributed by atoms with Gasteiger partial charge in [-0.2, -0.15) is 0 Å². The molecule has 0 aromatic heterocycles. The van der Waals surface area contributed by atoms with E-state index >= 15 is 0 Å². The van der Waals surface area contributed by atoms with Crippen molar-refractivity contribution < 1.29 is 23.9 Å². The smallest absolute Gasteiger partial charge is 0.411 e. The van der Waals surface area contributed by atoms with Crippen molar-refractivity contribution in [1.29, 1.82) is 0 Å². The molecule has 0 aliphatic carbocycles. The second kappa shape index (κ2) is 6.24. The molecule has 1 amide bonds. The van der Waals surface area contributed by atoms with Crippen LogP contribution in [0.1, 0.15) is 47.0 Å². The maximum atomic E-state index is 12.3. The molecule has 0 aromatic rings. The van der Waals surface area contributed by atoms with E-state index in [0.29, 0.717) is 12.8 Å². The maximum Gasteiger partial charge on any atom is 0.411 e. The number of Topliss-reactive ketones (excluding diaryl/α,β-unsaturated/α-hetero) is 1. The second-order valence-electron chi connectivity index (χ2n) is 6.06. The van der Waals surface area contributed by atoms with Crippen LogP contribution in [0, 0.1) is 0 Å². The average Bonchev–Trinajstić information content (AvgIpc) is 2.68. The topological polar surface area (TPSA) is 72.9 Å². The molecule has 1 fully saturated rings. The van der Waals surface area contributed by atoms with Crippen LogP contribution in [-0.4, -0.2) is 47.5 Å². The van der Waals surface area contributed by atoms with Gasteiger partial charge < -0.3 is 9.47 Å². The van der Waals surface area contributed by atoms with E-state index in [1.54, 1.807) is 20.8 Å². The fourth-order valence-electron chi connectivity index (χ4n) is 2.37. The van der Waals surface area contributed by atoms with Crippen molar-refractivity contribution in [3.05, 3.63) is 0 Å². The lowest BCUT2D eigenvalue weighted by Gasteiger charge is -2.31. The summed E-state index contributed by atoms with van der Waals surface area (Å²) < 4.78 is 10.1. The molecule has 1 heterocycles. The second-order valence-corrected chi connectivity index (χ2v) is 6.06.